The number of hydrogen-bond donors (Lipinski definition) is 2. The summed E-state index contributed by atoms with van der Waals surface area (Å²) in [5, 5.41) is 5.56. The predicted octanol–water partition coefficient (Wildman–Crippen LogP) is 1.41. The van der Waals surface area contributed by atoms with Gasteiger partial charge in [-0.1, -0.05) is 36.4 Å². The van der Waals surface area contributed by atoms with E-state index in [1.807, 2.05) is 12.1 Å². The van der Waals surface area contributed by atoms with Crippen LogP contribution in [-0.2, 0) is 38.4 Å². The van der Waals surface area contributed by atoms with Crippen LogP contribution in [0.25, 0.3) is 0 Å². The van der Waals surface area contributed by atoms with E-state index in [0.29, 0.717) is 44.0 Å². The van der Waals surface area contributed by atoms with Crippen LogP contribution in [0.15, 0.2) is 48.5 Å². The molecule has 3 rings (SSSR count). The summed E-state index contributed by atoms with van der Waals surface area (Å²) in [6, 6.07) is 14.2. The van der Waals surface area contributed by atoms with Gasteiger partial charge < -0.3 is 15.4 Å². The molecule has 8 nitrogen and oxygen atoms in total. The molecule has 0 aliphatic carbocycles. The third-order valence-corrected chi connectivity index (χ3v) is 6.84. The molecule has 0 bridgehead atoms. The first-order chi connectivity index (χ1) is 14.8. The fourth-order valence-corrected chi connectivity index (χ4v) is 4.82. The first-order valence-electron chi connectivity index (χ1n) is 10.1. The van der Waals surface area contributed by atoms with E-state index in [9.17, 15) is 18.0 Å². The molecular weight excluding hydrogens is 418 g/mol. The Morgan fingerprint density at radius 2 is 1.58 bits per heavy atom. The Morgan fingerprint density at radius 1 is 0.935 bits per heavy atom. The molecule has 0 radical (unpaired) electrons. The number of amides is 2. The normalized spacial score (nSPS) is 14.7. The van der Waals surface area contributed by atoms with Crippen molar-refractivity contribution >= 4 is 21.8 Å². The van der Waals surface area contributed by atoms with Gasteiger partial charge in [-0.15, -0.1) is 0 Å². The molecule has 1 aliphatic heterocycles. The van der Waals surface area contributed by atoms with Crippen molar-refractivity contribution in [2.24, 2.45) is 0 Å². The monoisotopic (exact) mass is 445 g/mol. The lowest BCUT2D eigenvalue weighted by Crippen LogP contribution is -2.41. The lowest BCUT2D eigenvalue weighted by Gasteiger charge is -2.26. The van der Waals surface area contributed by atoms with Gasteiger partial charge in [0.05, 0.1) is 19.0 Å². The molecule has 2 aromatic rings. The Balaban J connectivity index is 1.61. The van der Waals surface area contributed by atoms with Crippen LogP contribution in [0.1, 0.15) is 34.0 Å². The maximum absolute atomic E-state index is 12.8. The SMILES string of the molecule is CC(=O)NCc1ccc(C(=O)NCc2ccccc2CS(=O)(=O)N2CCOCC2)cc1. The second-order valence-corrected chi connectivity index (χ2v) is 9.29. The number of hydrogen-bond acceptors (Lipinski definition) is 5. The highest BCUT2D eigenvalue weighted by molar-refractivity contribution is 7.88. The molecule has 0 atom stereocenters. The van der Waals surface area contributed by atoms with Crippen LogP contribution in [0.4, 0.5) is 0 Å². The van der Waals surface area contributed by atoms with Crippen LogP contribution >= 0.6 is 0 Å². The van der Waals surface area contributed by atoms with Gasteiger partial charge in [-0.05, 0) is 28.8 Å². The van der Waals surface area contributed by atoms with E-state index in [1.165, 1.54) is 11.2 Å². The van der Waals surface area contributed by atoms with Gasteiger partial charge in [0.1, 0.15) is 0 Å². The minimum atomic E-state index is -3.46. The molecular formula is C22H27N3O5S. The topological polar surface area (TPSA) is 105 Å². The Kier molecular flexibility index (Phi) is 7.78. The van der Waals surface area contributed by atoms with Crippen molar-refractivity contribution in [3.8, 4) is 0 Å². The highest BCUT2D eigenvalue weighted by atomic mass is 32.2. The molecule has 2 N–H and O–H groups in total. The zero-order chi connectivity index (χ0) is 22.3. The highest BCUT2D eigenvalue weighted by Gasteiger charge is 2.25. The summed E-state index contributed by atoms with van der Waals surface area (Å²) in [5.74, 6) is -0.482. The lowest BCUT2D eigenvalue weighted by atomic mass is 10.1. The summed E-state index contributed by atoms with van der Waals surface area (Å²) in [4.78, 5) is 23.5. The Bertz CT molecular complexity index is 1020. The van der Waals surface area contributed by atoms with Crippen LogP contribution in [0.2, 0.25) is 0 Å². The molecule has 1 heterocycles. The van der Waals surface area contributed by atoms with Gasteiger partial charge in [0.2, 0.25) is 15.9 Å². The fourth-order valence-electron chi connectivity index (χ4n) is 3.26. The van der Waals surface area contributed by atoms with Gasteiger partial charge >= 0.3 is 0 Å². The third kappa shape index (κ3) is 6.61. The Morgan fingerprint density at radius 3 is 2.23 bits per heavy atom. The van der Waals surface area contributed by atoms with Gasteiger partial charge in [-0.25, -0.2) is 8.42 Å². The van der Waals surface area contributed by atoms with Gasteiger partial charge in [-0.3, -0.25) is 9.59 Å². The molecule has 1 fully saturated rings. The van der Waals surface area contributed by atoms with Crippen molar-refractivity contribution in [2.75, 3.05) is 26.3 Å². The number of carbonyl (C=O) groups excluding carboxylic acids is 2. The molecule has 1 saturated heterocycles. The quantitative estimate of drug-likeness (QED) is 0.639. The molecule has 166 valence electrons. The standard InChI is InChI=1S/C22H27N3O5S/c1-17(26)23-14-18-6-8-19(9-7-18)22(27)24-15-20-4-2-3-5-21(20)16-31(28,29)25-10-12-30-13-11-25/h2-9H,10-16H2,1H3,(H,23,26)(H,24,27). The molecule has 0 saturated carbocycles. The first kappa shape index (κ1) is 22.9. The Hall–Kier alpha value is -2.75. The van der Waals surface area contributed by atoms with Crippen molar-refractivity contribution in [1.82, 2.24) is 14.9 Å². The highest BCUT2D eigenvalue weighted by Crippen LogP contribution is 2.17. The van der Waals surface area contributed by atoms with Crippen molar-refractivity contribution < 1.29 is 22.7 Å². The van der Waals surface area contributed by atoms with Gasteiger partial charge in [-0.2, -0.15) is 4.31 Å². The van der Waals surface area contributed by atoms with E-state index >= 15 is 0 Å². The predicted molar refractivity (Wildman–Crippen MR) is 117 cm³/mol. The molecule has 2 amide bonds. The number of nitrogens with one attached hydrogen (secondary N) is 2. The van der Waals surface area contributed by atoms with Gasteiger partial charge in [0.15, 0.2) is 0 Å². The zero-order valence-corrected chi connectivity index (χ0v) is 18.3. The minimum Gasteiger partial charge on any atom is -0.379 e. The first-order valence-corrected chi connectivity index (χ1v) is 11.7. The average Bonchev–Trinajstić information content (AvgIpc) is 2.77. The van der Waals surface area contributed by atoms with Crippen molar-refractivity contribution in [2.45, 2.75) is 25.8 Å². The number of morpholine rings is 1. The van der Waals surface area contributed by atoms with Gasteiger partial charge in [0, 0.05) is 38.7 Å². The molecule has 0 spiro atoms. The van der Waals surface area contributed by atoms with Crippen molar-refractivity contribution in [3.05, 3.63) is 70.8 Å². The molecule has 31 heavy (non-hydrogen) atoms. The van der Waals surface area contributed by atoms with Crippen molar-refractivity contribution in [1.29, 1.82) is 0 Å². The lowest BCUT2D eigenvalue weighted by molar-refractivity contribution is -0.119. The maximum Gasteiger partial charge on any atom is 0.251 e. The zero-order valence-electron chi connectivity index (χ0n) is 17.5. The average molecular weight is 446 g/mol. The summed E-state index contributed by atoms with van der Waals surface area (Å²) >= 11 is 0. The van der Waals surface area contributed by atoms with Crippen molar-refractivity contribution in [3.63, 3.8) is 0 Å². The van der Waals surface area contributed by atoms with Crippen LogP contribution in [0.3, 0.4) is 0 Å². The van der Waals surface area contributed by atoms with E-state index in [-0.39, 0.29) is 24.1 Å². The summed E-state index contributed by atoms with van der Waals surface area (Å²) < 4.78 is 32.2. The summed E-state index contributed by atoms with van der Waals surface area (Å²) in [6.07, 6.45) is 0. The number of benzene rings is 2. The summed E-state index contributed by atoms with van der Waals surface area (Å²) in [5.41, 5.74) is 2.81. The fraction of sp³-hybridized carbons (Fsp3) is 0.364. The number of carbonyl (C=O) groups is 2. The van der Waals surface area contributed by atoms with Crippen LogP contribution in [-0.4, -0.2) is 50.8 Å². The second kappa shape index (κ2) is 10.5. The smallest absolute Gasteiger partial charge is 0.251 e. The molecule has 1 aliphatic rings. The molecule has 9 heteroatoms. The molecule has 0 unspecified atom stereocenters. The molecule has 2 aromatic carbocycles. The third-order valence-electron chi connectivity index (χ3n) is 5.02. The van der Waals surface area contributed by atoms with Gasteiger partial charge in [0.25, 0.3) is 5.91 Å². The van der Waals surface area contributed by atoms with E-state index < -0.39 is 10.0 Å². The second-order valence-electron chi connectivity index (χ2n) is 7.33. The number of rotatable bonds is 8. The number of nitrogens with zero attached hydrogens (tertiary/aromatic N) is 1. The largest absolute Gasteiger partial charge is 0.379 e. The van der Waals surface area contributed by atoms with Crippen LogP contribution in [0, 0.1) is 0 Å². The maximum atomic E-state index is 12.8. The van der Waals surface area contributed by atoms with E-state index in [2.05, 4.69) is 10.6 Å². The Labute approximate surface area is 182 Å². The van der Waals surface area contributed by atoms with E-state index in [1.54, 1.807) is 36.4 Å². The summed E-state index contributed by atoms with van der Waals surface area (Å²) in [6.45, 7) is 3.61. The molecule has 0 aromatic heterocycles. The van der Waals surface area contributed by atoms with Crippen LogP contribution in [0.5, 0.6) is 0 Å². The number of ether oxygens (including phenoxy) is 1. The van der Waals surface area contributed by atoms with Crippen LogP contribution < -0.4 is 10.6 Å². The minimum absolute atomic E-state index is 0.114. The summed E-state index contributed by atoms with van der Waals surface area (Å²) in [7, 11) is -3.46. The van der Waals surface area contributed by atoms with E-state index in [4.69, 9.17) is 4.74 Å². The number of sulfonamides is 1. The van der Waals surface area contributed by atoms with E-state index in [0.717, 1.165) is 11.1 Å².